The molecule has 2 aromatic rings. The summed E-state index contributed by atoms with van der Waals surface area (Å²) >= 11 is 0. The van der Waals surface area contributed by atoms with E-state index in [2.05, 4.69) is 24.3 Å². The molecule has 0 aromatic heterocycles. The number of benzene rings is 2. The first-order valence-electron chi connectivity index (χ1n) is 9.51. The predicted molar refractivity (Wildman–Crippen MR) is 104 cm³/mol. The van der Waals surface area contributed by atoms with E-state index in [-0.39, 0.29) is 7.92 Å². The minimum Gasteiger partial charge on any atom is -0.457 e. The number of hydrogen-bond donors (Lipinski definition) is 0. The highest BCUT2D eigenvalue weighted by Gasteiger charge is 2.33. The van der Waals surface area contributed by atoms with E-state index in [1.807, 2.05) is 30.3 Å². The molecule has 126 valence electrons. The van der Waals surface area contributed by atoms with E-state index >= 15 is 0 Å². The van der Waals surface area contributed by atoms with Crippen molar-refractivity contribution in [3.8, 4) is 11.5 Å². The highest BCUT2D eigenvalue weighted by atomic mass is 31.1. The maximum Gasteiger partial charge on any atom is 0.127 e. The van der Waals surface area contributed by atoms with Gasteiger partial charge < -0.3 is 4.74 Å². The molecule has 4 rings (SSSR count). The molecule has 0 saturated heterocycles. The Bertz CT molecular complexity index is 609. The van der Waals surface area contributed by atoms with E-state index in [9.17, 15) is 0 Å². The Morgan fingerprint density at radius 2 is 1.12 bits per heavy atom. The van der Waals surface area contributed by atoms with Crippen molar-refractivity contribution >= 4 is 13.2 Å². The van der Waals surface area contributed by atoms with Crippen molar-refractivity contribution in [2.45, 2.75) is 62.7 Å². The van der Waals surface area contributed by atoms with Crippen LogP contribution in [0.5, 0.6) is 11.5 Å². The van der Waals surface area contributed by atoms with Crippen LogP contribution in [0.15, 0.2) is 54.6 Å². The predicted octanol–water partition coefficient (Wildman–Crippen LogP) is 6.47. The van der Waals surface area contributed by atoms with Crippen LogP contribution >= 0.6 is 7.92 Å². The Labute approximate surface area is 147 Å². The van der Waals surface area contributed by atoms with Crippen LogP contribution in [-0.2, 0) is 0 Å². The van der Waals surface area contributed by atoms with Gasteiger partial charge in [-0.2, -0.15) is 0 Å². The van der Waals surface area contributed by atoms with Crippen LogP contribution < -0.4 is 10.0 Å². The molecule has 2 fully saturated rings. The third-order valence-corrected chi connectivity index (χ3v) is 9.05. The number of para-hydroxylation sites is 1. The highest BCUT2D eigenvalue weighted by Crippen LogP contribution is 2.56. The molecule has 2 saturated carbocycles. The maximum absolute atomic E-state index is 5.97. The van der Waals surface area contributed by atoms with E-state index in [4.69, 9.17) is 4.74 Å². The summed E-state index contributed by atoms with van der Waals surface area (Å²) in [4.78, 5) is 0. The van der Waals surface area contributed by atoms with E-state index < -0.39 is 0 Å². The lowest BCUT2D eigenvalue weighted by molar-refractivity contribution is 0.483. The topological polar surface area (TPSA) is 9.23 Å². The minimum atomic E-state index is 0.0148. The maximum atomic E-state index is 5.97. The van der Waals surface area contributed by atoms with Crippen LogP contribution in [0.3, 0.4) is 0 Å². The van der Waals surface area contributed by atoms with Crippen LogP contribution in [0.4, 0.5) is 0 Å². The quantitative estimate of drug-likeness (QED) is 0.568. The fourth-order valence-electron chi connectivity index (χ4n) is 4.40. The molecule has 2 aliphatic rings. The van der Waals surface area contributed by atoms with Crippen LogP contribution in [0, 0.1) is 0 Å². The van der Waals surface area contributed by atoms with E-state index in [0.29, 0.717) is 0 Å². The molecule has 0 radical (unpaired) electrons. The molecular formula is C22H27OP. The number of rotatable bonds is 5. The van der Waals surface area contributed by atoms with Gasteiger partial charge in [0.15, 0.2) is 0 Å². The average molecular weight is 338 g/mol. The number of ether oxygens (including phenoxy) is 1. The van der Waals surface area contributed by atoms with Gasteiger partial charge in [-0.15, -0.1) is 0 Å². The summed E-state index contributed by atoms with van der Waals surface area (Å²) in [6.07, 6.45) is 11.7. The molecule has 24 heavy (non-hydrogen) atoms. The molecule has 0 spiro atoms. The summed E-state index contributed by atoms with van der Waals surface area (Å²) in [6, 6.07) is 19.2. The Morgan fingerprint density at radius 3 is 1.67 bits per heavy atom. The zero-order chi connectivity index (χ0) is 16.2. The van der Waals surface area contributed by atoms with Gasteiger partial charge in [-0.25, -0.2) is 0 Å². The smallest absolute Gasteiger partial charge is 0.127 e. The largest absolute Gasteiger partial charge is 0.457 e. The molecule has 0 heterocycles. The molecule has 0 unspecified atom stereocenters. The fraction of sp³-hybridized carbons (Fsp3) is 0.455. The van der Waals surface area contributed by atoms with Crippen molar-refractivity contribution in [1.82, 2.24) is 0 Å². The minimum absolute atomic E-state index is 0.0148. The molecule has 2 aliphatic carbocycles. The van der Waals surface area contributed by atoms with Gasteiger partial charge in [-0.1, -0.05) is 63.9 Å². The van der Waals surface area contributed by atoms with Crippen molar-refractivity contribution < 1.29 is 4.74 Å². The Hall–Kier alpha value is -1.33. The molecule has 0 aliphatic heterocycles. The second-order valence-electron chi connectivity index (χ2n) is 7.19. The van der Waals surface area contributed by atoms with Gasteiger partial charge in [0.2, 0.25) is 0 Å². The normalized spacial score (nSPS) is 19.2. The van der Waals surface area contributed by atoms with Gasteiger partial charge >= 0.3 is 0 Å². The summed E-state index contributed by atoms with van der Waals surface area (Å²) in [5.74, 6) is 1.87. The molecule has 2 heteroatoms. The highest BCUT2D eigenvalue weighted by molar-refractivity contribution is 7.67. The standard InChI is InChI=1S/C22H27OP/c1-2-8-18(9-3-1)23-19-14-16-22(17-15-19)24(20-10-4-5-11-20)21-12-6-7-13-21/h1-3,8-9,14-17,20-21H,4-7,10-13H2. The Balaban J connectivity index is 1.52. The third-order valence-electron chi connectivity index (χ3n) is 5.55. The van der Waals surface area contributed by atoms with Crippen molar-refractivity contribution in [2.75, 3.05) is 0 Å². The van der Waals surface area contributed by atoms with Crippen molar-refractivity contribution in [2.24, 2.45) is 0 Å². The van der Waals surface area contributed by atoms with E-state index in [1.165, 1.54) is 51.4 Å². The zero-order valence-corrected chi connectivity index (χ0v) is 15.3. The SMILES string of the molecule is c1ccc(Oc2ccc(P(C3CCCC3)C3CCCC3)cc2)cc1. The Morgan fingerprint density at radius 1 is 0.625 bits per heavy atom. The third kappa shape index (κ3) is 3.67. The lowest BCUT2D eigenvalue weighted by atomic mass is 10.3. The summed E-state index contributed by atoms with van der Waals surface area (Å²) < 4.78 is 5.97. The molecule has 1 nitrogen and oxygen atoms in total. The van der Waals surface area contributed by atoms with Crippen molar-refractivity contribution in [3.63, 3.8) is 0 Å². The first kappa shape index (κ1) is 16.2. The van der Waals surface area contributed by atoms with E-state index in [1.54, 1.807) is 5.30 Å². The fourth-order valence-corrected chi connectivity index (χ4v) is 8.17. The molecule has 0 bridgehead atoms. The van der Waals surface area contributed by atoms with Crippen LogP contribution in [0.1, 0.15) is 51.4 Å². The van der Waals surface area contributed by atoms with Gasteiger partial charge in [0, 0.05) is 0 Å². The lowest BCUT2D eigenvalue weighted by Crippen LogP contribution is -2.19. The van der Waals surface area contributed by atoms with Gasteiger partial charge in [0.25, 0.3) is 0 Å². The summed E-state index contributed by atoms with van der Waals surface area (Å²) in [7, 11) is 0.0148. The zero-order valence-electron chi connectivity index (χ0n) is 14.4. The molecule has 0 amide bonds. The van der Waals surface area contributed by atoms with Crippen LogP contribution in [0.25, 0.3) is 0 Å². The van der Waals surface area contributed by atoms with Gasteiger partial charge in [0.1, 0.15) is 11.5 Å². The average Bonchev–Trinajstić information content (AvgIpc) is 3.32. The lowest BCUT2D eigenvalue weighted by Gasteiger charge is -2.30. The van der Waals surface area contributed by atoms with Crippen LogP contribution in [-0.4, -0.2) is 11.3 Å². The van der Waals surface area contributed by atoms with Gasteiger partial charge in [-0.05, 0) is 66.6 Å². The van der Waals surface area contributed by atoms with Crippen molar-refractivity contribution in [3.05, 3.63) is 54.6 Å². The van der Waals surface area contributed by atoms with Crippen molar-refractivity contribution in [1.29, 1.82) is 0 Å². The molecular weight excluding hydrogens is 311 g/mol. The van der Waals surface area contributed by atoms with E-state index in [0.717, 1.165) is 22.8 Å². The second kappa shape index (κ2) is 7.70. The molecule has 2 aromatic carbocycles. The summed E-state index contributed by atoms with van der Waals surface area (Å²) in [6.45, 7) is 0. The first-order chi connectivity index (χ1) is 11.9. The molecule has 0 N–H and O–H groups in total. The second-order valence-corrected chi connectivity index (χ2v) is 9.98. The van der Waals surface area contributed by atoms with Crippen LogP contribution in [0.2, 0.25) is 0 Å². The van der Waals surface area contributed by atoms with Gasteiger partial charge in [-0.3, -0.25) is 0 Å². The summed E-state index contributed by atoms with van der Waals surface area (Å²) in [5.41, 5.74) is 1.95. The first-order valence-corrected chi connectivity index (χ1v) is 11.0. The van der Waals surface area contributed by atoms with Gasteiger partial charge in [0.05, 0.1) is 0 Å². The summed E-state index contributed by atoms with van der Waals surface area (Å²) in [5, 5.41) is 1.62. The number of hydrogen-bond acceptors (Lipinski definition) is 1. The monoisotopic (exact) mass is 338 g/mol. The molecule has 0 atom stereocenters. The Kier molecular flexibility index (Phi) is 5.18.